The highest BCUT2D eigenvalue weighted by atomic mass is 35.5. The van der Waals surface area contributed by atoms with Crippen molar-refractivity contribution in [2.45, 2.75) is 22.4 Å². The van der Waals surface area contributed by atoms with Crippen LogP contribution in [0.3, 0.4) is 0 Å². The maximum atomic E-state index is 14.3. The lowest BCUT2D eigenvalue weighted by Crippen LogP contribution is -2.42. The molecule has 0 saturated heterocycles. The van der Waals surface area contributed by atoms with Crippen molar-refractivity contribution in [2.75, 3.05) is 0 Å². The minimum absolute atomic E-state index is 0.0117. The van der Waals surface area contributed by atoms with Crippen LogP contribution in [0.15, 0.2) is 63.3 Å². The van der Waals surface area contributed by atoms with E-state index >= 15 is 0 Å². The second-order valence-corrected chi connectivity index (χ2v) is 10.3. The zero-order valence-corrected chi connectivity index (χ0v) is 18.9. The predicted molar refractivity (Wildman–Crippen MR) is 116 cm³/mol. The molecule has 1 aliphatic rings. The van der Waals surface area contributed by atoms with Crippen LogP contribution in [0.25, 0.3) is 11.1 Å². The summed E-state index contributed by atoms with van der Waals surface area (Å²) in [7, 11) is -4.65. The third-order valence-corrected chi connectivity index (χ3v) is 7.68. The molecule has 0 fully saturated rings. The van der Waals surface area contributed by atoms with Gasteiger partial charge in [-0.15, -0.1) is 11.3 Å². The maximum Gasteiger partial charge on any atom is 0.435 e. The number of hydrogen-bond acceptors (Lipinski definition) is 5. The highest BCUT2D eigenvalue weighted by molar-refractivity contribution is 7.88. The fourth-order valence-corrected chi connectivity index (χ4v) is 5.92. The quantitative estimate of drug-likeness (QED) is 0.395. The van der Waals surface area contributed by atoms with Crippen LogP contribution in [-0.4, -0.2) is 24.9 Å². The Morgan fingerprint density at radius 2 is 1.72 bits per heavy atom. The van der Waals surface area contributed by atoms with Gasteiger partial charge in [-0.1, -0.05) is 58.7 Å². The first kappa shape index (κ1) is 23.1. The second kappa shape index (κ2) is 8.03. The lowest BCUT2D eigenvalue weighted by Gasteiger charge is -2.29. The molecule has 0 bridgehead atoms. The van der Waals surface area contributed by atoms with Crippen LogP contribution >= 0.6 is 34.5 Å². The van der Waals surface area contributed by atoms with Crippen LogP contribution in [0.4, 0.5) is 13.2 Å². The van der Waals surface area contributed by atoms with E-state index in [9.17, 15) is 26.1 Å². The van der Waals surface area contributed by atoms with E-state index in [0.717, 1.165) is 12.1 Å². The van der Waals surface area contributed by atoms with Crippen LogP contribution in [0.2, 0.25) is 10.0 Å². The molecule has 12 heteroatoms. The number of nitrogens with zero attached hydrogens (tertiary/aromatic N) is 1. The molecule has 0 amide bonds. The van der Waals surface area contributed by atoms with Crippen molar-refractivity contribution in [1.82, 2.24) is 0 Å². The molecule has 168 valence electrons. The van der Waals surface area contributed by atoms with Gasteiger partial charge in [0.15, 0.2) is 4.21 Å². The molecule has 2 aromatic carbocycles. The summed E-state index contributed by atoms with van der Waals surface area (Å²) in [5.74, 6) is 0. The van der Waals surface area contributed by atoms with Gasteiger partial charge >= 0.3 is 16.3 Å². The number of thiophene rings is 1. The molecule has 1 atom stereocenters. The Morgan fingerprint density at radius 1 is 1.09 bits per heavy atom. The standard InChI is InChI=1S/C20H12Cl2F3NO4S2/c21-13-6-12(7-14(22)8-13)19(20(23,24)25)9-16(26-30-19)15-10-31-18(32(27,28)29)17(15)11-4-2-1-3-5-11/h1-8,10H,9H2,(H,27,28,29). The van der Waals surface area contributed by atoms with Crippen LogP contribution in [-0.2, 0) is 20.6 Å². The van der Waals surface area contributed by atoms with Gasteiger partial charge in [0.1, 0.15) is 0 Å². The van der Waals surface area contributed by atoms with Gasteiger partial charge in [0.2, 0.25) is 0 Å². The molecule has 0 saturated carbocycles. The zero-order chi connectivity index (χ0) is 23.3. The molecule has 32 heavy (non-hydrogen) atoms. The van der Waals surface area contributed by atoms with Gasteiger partial charge in [-0.05, 0) is 23.8 Å². The fraction of sp³-hybridized carbons (Fsp3) is 0.150. The summed E-state index contributed by atoms with van der Waals surface area (Å²) in [6.45, 7) is 0. The minimum Gasteiger partial charge on any atom is -0.374 e. The highest BCUT2D eigenvalue weighted by Gasteiger charge is 2.62. The van der Waals surface area contributed by atoms with Crippen molar-refractivity contribution in [3.05, 3.63) is 75.1 Å². The summed E-state index contributed by atoms with van der Waals surface area (Å²) in [4.78, 5) is 4.99. The molecule has 1 N–H and O–H groups in total. The number of hydrogen-bond donors (Lipinski definition) is 1. The Morgan fingerprint density at radius 3 is 2.28 bits per heavy atom. The number of benzene rings is 2. The van der Waals surface area contributed by atoms with Gasteiger partial charge in [0, 0.05) is 32.1 Å². The number of alkyl halides is 3. The van der Waals surface area contributed by atoms with Crippen molar-refractivity contribution in [2.24, 2.45) is 5.16 Å². The topological polar surface area (TPSA) is 76.0 Å². The van der Waals surface area contributed by atoms with Crippen molar-refractivity contribution in [3.8, 4) is 11.1 Å². The maximum absolute atomic E-state index is 14.3. The van der Waals surface area contributed by atoms with Gasteiger partial charge < -0.3 is 4.84 Å². The summed E-state index contributed by atoms with van der Waals surface area (Å²) in [6.07, 6.45) is -5.66. The molecule has 5 nitrogen and oxygen atoms in total. The zero-order valence-electron chi connectivity index (χ0n) is 15.7. The van der Waals surface area contributed by atoms with E-state index in [0.29, 0.717) is 16.9 Å². The van der Waals surface area contributed by atoms with Gasteiger partial charge in [-0.3, -0.25) is 4.55 Å². The van der Waals surface area contributed by atoms with Crippen LogP contribution < -0.4 is 0 Å². The van der Waals surface area contributed by atoms with Gasteiger partial charge in [0.25, 0.3) is 5.60 Å². The summed E-state index contributed by atoms with van der Waals surface area (Å²) in [5, 5.41) is 4.98. The molecule has 0 spiro atoms. The molecule has 1 unspecified atom stereocenters. The Bertz CT molecular complexity index is 1300. The van der Waals surface area contributed by atoms with Crippen molar-refractivity contribution >= 4 is 50.4 Å². The summed E-state index contributed by atoms with van der Waals surface area (Å²) >= 11 is 12.5. The Balaban J connectivity index is 1.86. The van der Waals surface area contributed by atoms with Crippen molar-refractivity contribution in [3.63, 3.8) is 0 Å². The molecule has 0 radical (unpaired) electrons. The van der Waals surface area contributed by atoms with E-state index in [1.54, 1.807) is 30.3 Å². The lowest BCUT2D eigenvalue weighted by molar-refractivity contribution is -0.275. The summed E-state index contributed by atoms with van der Waals surface area (Å²) < 4.78 is 75.9. The van der Waals surface area contributed by atoms with Gasteiger partial charge in [-0.25, -0.2) is 0 Å². The third kappa shape index (κ3) is 4.01. The molecule has 3 aromatic rings. The molecule has 2 heterocycles. The normalized spacial score (nSPS) is 19.0. The van der Waals surface area contributed by atoms with Crippen LogP contribution in [0.5, 0.6) is 0 Å². The highest BCUT2D eigenvalue weighted by Crippen LogP contribution is 2.51. The molecule has 1 aromatic heterocycles. The number of halogens is 5. The second-order valence-electron chi connectivity index (χ2n) is 6.94. The van der Waals surface area contributed by atoms with E-state index in [1.807, 2.05) is 0 Å². The lowest BCUT2D eigenvalue weighted by atomic mass is 9.86. The molecular formula is C20H12Cl2F3NO4S2. The third-order valence-electron chi connectivity index (χ3n) is 4.88. The minimum atomic E-state index is -4.90. The number of oxime groups is 1. The van der Waals surface area contributed by atoms with Crippen molar-refractivity contribution < 1.29 is 31.0 Å². The molecule has 1 aliphatic heterocycles. The SMILES string of the molecule is O=S(=O)(O)c1scc(C2=NOC(c3cc(Cl)cc(Cl)c3)(C(F)(F)F)C2)c1-c1ccccc1. The van der Waals surface area contributed by atoms with Gasteiger partial charge in [-0.2, -0.15) is 21.6 Å². The number of rotatable bonds is 4. The van der Waals surface area contributed by atoms with Crippen LogP contribution in [0, 0.1) is 0 Å². The van der Waals surface area contributed by atoms with E-state index in [2.05, 4.69) is 5.16 Å². The smallest absolute Gasteiger partial charge is 0.374 e. The average Bonchev–Trinajstić information content (AvgIpc) is 3.32. The molecular weight excluding hydrogens is 510 g/mol. The summed E-state index contributed by atoms with van der Waals surface area (Å²) in [6, 6.07) is 11.6. The molecule has 0 aliphatic carbocycles. The van der Waals surface area contributed by atoms with E-state index in [1.165, 1.54) is 11.4 Å². The van der Waals surface area contributed by atoms with Gasteiger partial charge in [0.05, 0.1) is 12.1 Å². The van der Waals surface area contributed by atoms with E-state index in [-0.39, 0.29) is 32.4 Å². The van der Waals surface area contributed by atoms with E-state index in [4.69, 9.17) is 28.0 Å². The summed E-state index contributed by atoms with van der Waals surface area (Å²) in [5.41, 5.74) is -2.81. The van der Waals surface area contributed by atoms with E-state index < -0.39 is 32.5 Å². The Labute approximate surface area is 194 Å². The molecule has 4 rings (SSSR count). The van der Waals surface area contributed by atoms with Crippen molar-refractivity contribution in [1.29, 1.82) is 0 Å². The largest absolute Gasteiger partial charge is 0.435 e. The first-order valence-electron chi connectivity index (χ1n) is 8.85. The first-order chi connectivity index (χ1) is 14.9. The predicted octanol–water partition coefficient (Wildman–Crippen LogP) is 6.55. The van der Waals surface area contributed by atoms with Crippen LogP contribution in [0.1, 0.15) is 17.5 Å². The Kier molecular flexibility index (Phi) is 5.79. The first-order valence-corrected chi connectivity index (χ1v) is 11.9. The average molecular weight is 522 g/mol. The monoisotopic (exact) mass is 521 g/mol. The fourth-order valence-electron chi connectivity index (χ4n) is 3.46. The Hall–Kier alpha value is -2.11.